The molecule has 2 aliphatic rings. The van der Waals surface area contributed by atoms with E-state index in [0.717, 1.165) is 16.8 Å². The number of carboxylic acids is 1. The van der Waals surface area contributed by atoms with E-state index in [1.165, 1.54) is 4.57 Å². The first-order valence-electron chi connectivity index (χ1n) is 9.08. The lowest BCUT2D eigenvalue weighted by atomic mass is 10.0. The first-order chi connectivity index (χ1) is 13.1. The SMILES string of the molecule is O=C(O)[C@@H]1CCc2c(C3=CCOCC3)nc(NCc3ccccc3)c(=O)n21. The first kappa shape index (κ1) is 17.5. The lowest BCUT2D eigenvalue weighted by Gasteiger charge is -2.19. The number of aromatic nitrogens is 2. The van der Waals surface area contributed by atoms with E-state index in [9.17, 15) is 14.7 Å². The van der Waals surface area contributed by atoms with E-state index in [2.05, 4.69) is 10.3 Å². The second-order valence-corrected chi connectivity index (χ2v) is 6.72. The zero-order valence-electron chi connectivity index (χ0n) is 14.9. The molecule has 0 spiro atoms. The minimum atomic E-state index is -0.983. The minimum absolute atomic E-state index is 0.193. The number of aliphatic carboxylic acids is 1. The molecule has 3 heterocycles. The Morgan fingerprint density at radius 2 is 2.11 bits per heavy atom. The van der Waals surface area contributed by atoms with Crippen LogP contribution in [0.2, 0.25) is 0 Å². The maximum Gasteiger partial charge on any atom is 0.326 e. The smallest absolute Gasteiger partial charge is 0.326 e. The van der Waals surface area contributed by atoms with Crippen LogP contribution in [0.25, 0.3) is 5.57 Å². The molecule has 2 aromatic rings. The number of hydrogen-bond acceptors (Lipinski definition) is 5. The van der Waals surface area contributed by atoms with Crippen molar-refractivity contribution in [1.29, 1.82) is 0 Å². The monoisotopic (exact) mass is 367 g/mol. The third kappa shape index (κ3) is 3.38. The average Bonchev–Trinajstić information content (AvgIpc) is 3.15. The van der Waals surface area contributed by atoms with Crippen LogP contribution in [0.1, 0.15) is 35.8 Å². The quantitative estimate of drug-likeness (QED) is 0.842. The van der Waals surface area contributed by atoms with Crippen LogP contribution in [0.5, 0.6) is 0 Å². The standard InChI is InChI=1S/C20H21N3O4/c24-19-18(21-12-13-4-2-1-3-5-13)22-17(14-8-10-27-11-9-14)15-6-7-16(20(25)26)23(15)19/h1-5,8,16H,6-7,9-12H2,(H,21,22)(H,25,26)/t16-/m0/s1. The van der Waals surface area contributed by atoms with E-state index in [0.29, 0.717) is 44.7 Å². The number of nitrogens with one attached hydrogen (secondary N) is 1. The van der Waals surface area contributed by atoms with Gasteiger partial charge in [-0.3, -0.25) is 9.36 Å². The largest absolute Gasteiger partial charge is 0.480 e. The maximum absolute atomic E-state index is 13.0. The summed E-state index contributed by atoms with van der Waals surface area (Å²) in [5.41, 5.74) is 3.09. The van der Waals surface area contributed by atoms with Gasteiger partial charge in [-0.15, -0.1) is 0 Å². The Morgan fingerprint density at radius 3 is 2.81 bits per heavy atom. The highest BCUT2D eigenvalue weighted by Crippen LogP contribution is 2.31. The Balaban J connectivity index is 1.77. The van der Waals surface area contributed by atoms with Crippen LogP contribution in [0.15, 0.2) is 41.2 Å². The van der Waals surface area contributed by atoms with E-state index in [1.807, 2.05) is 36.4 Å². The molecule has 2 aliphatic heterocycles. The van der Waals surface area contributed by atoms with Crippen molar-refractivity contribution in [2.75, 3.05) is 18.5 Å². The van der Waals surface area contributed by atoms with Crippen molar-refractivity contribution >= 4 is 17.4 Å². The fourth-order valence-corrected chi connectivity index (χ4v) is 3.68. The summed E-state index contributed by atoms with van der Waals surface area (Å²) in [6.45, 7) is 1.55. The molecule has 7 heteroatoms. The van der Waals surface area contributed by atoms with Crippen molar-refractivity contribution in [3.8, 4) is 0 Å². The molecule has 0 aliphatic carbocycles. The summed E-state index contributed by atoms with van der Waals surface area (Å²) < 4.78 is 6.79. The first-order valence-corrected chi connectivity index (χ1v) is 9.08. The Morgan fingerprint density at radius 1 is 1.30 bits per heavy atom. The lowest BCUT2D eigenvalue weighted by Crippen LogP contribution is -2.31. The predicted octanol–water partition coefficient (Wildman–Crippen LogP) is 2.23. The molecule has 0 radical (unpaired) electrons. The number of anilines is 1. The van der Waals surface area contributed by atoms with Gasteiger partial charge in [-0.25, -0.2) is 9.78 Å². The minimum Gasteiger partial charge on any atom is -0.480 e. The van der Waals surface area contributed by atoms with Gasteiger partial charge in [0.25, 0.3) is 5.56 Å². The molecule has 1 aromatic carbocycles. The number of hydrogen-bond donors (Lipinski definition) is 2. The number of benzene rings is 1. The summed E-state index contributed by atoms with van der Waals surface area (Å²) in [4.78, 5) is 29.2. The Hall–Kier alpha value is -2.93. The zero-order chi connectivity index (χ0) is 18.8. The highest BCUT2D eigenvalue weighted by molar-refractivity contribution is 5.74. The third-order valence-electron chi connectivity index (χ3n) is 5.03. The number of ether oxygens (including phenoxy) is 1. The zero-order valence-corrected chi connectivity index (χ0v) is 14.9. The predicted molar refractivity (Wildman–Crippen MR) is 101 cm³/mol. The Labute approximate surface area is 156 Å². The van der Waals surface area contributed by atoms with Gasteiger partial charge in [0.05, 0.1) is 18.9 Å². The number of rotatable bonds is 5. The van der Waals surface area contributed by atoms with Crippen LogP contribution in [0.4, 0.5) is 5.82 Å². The van der Waals surface area contributed by atoms with E-state index < -0.39 is 12.0 Å². The molecule has 0 amide bonds. The van der Waals surface area contributed by atoms with Gasteiger partial charge < -0.3 is 15.2 Å². The van der Waals surface area contributed by atoms with Crippen LogP contribution >= 0.6 is 0 Å². The molecule has 0 saturated carbocycles. The van der Waals surface area contributed by atoms with Gasteiger partial charge in [0, 0.05) is 12.2 Å². The molecule has 27 heavy (non-hydrogen) atoms. The molecular formula is C20H21N3O4. The molecule has 0 unspecified atom stereocenters. The van der Waals surface area contributed by atoms with Gasteiger partial charge in [-0.2, -0.15) is 0 Å². The van der Waals surface area contributed by atoms with Gasteiger partial charge >= 0.3 is 5.97 Å². The molecule has 1 aromatic heterocycles. The van der Waals surface area contributed by atoms with E-state index in [1.54, 1.807) is 0 Å². The van der Waals surface area contributed by atoms with Crippen molar-refractivity contribution in [3.05, 3.63) is 63.7 Å². The summed E-state index contributed by atoms with van der Waals surface area (Å²) in [6, 6.07) is 8.86. The van der Waals surface area contributed by atoms with Gasteiger partial charge in [-0.1, -0.05) is 36.4 Å². The molecule has 0 saturated heterocycles. The van der Waals surface area contributed by atoms with Crippen LogP contribution in [0.3, 0.4) is 0 Å². The molecular weight excluding hydrogens is 346 g/mol. The second-order valence-electron chi connectivity index (χ2n) is 6.72. The van der Waals surface area contributed by atoms with Crippen molar-refractivity contribution in [1.82, 2.24) is 9.55 Å². The molecule has 2 N–H and O–H groups in total. The van der Waals surface area contributed by atoms with Gasteiger partial charge in [0.1, 0.15) is 6.04 Å². The summed E-state index contributed by atoms with van der Waals surface area (Å²) in [7, 11) is 0. The van der Waals surface area contributed by atoms with E-state index in [4.69, 9.17) is 4.74 Å². The highest BCUT2D eigenvalue weighted by Gasteiger charge is 2.33. The lowest BCUT2D eigenvalue weighted by molar-refractivity contribution is -0.140. The second kappa shape index (κ2) is 7.36. The number of carbonyl (C=O) groups is 1. The van der Waals surface area contributed by atoms with Crippen molar-refractivity contribution in [3.63, 3.8) is 0 Å². The van der Waals surface area contributed by atoms with Crippen molar-refractivity contribution in [2.24, 2.45) is 0 Å². The number of nitrogens with zero attached hydrogens (tertiary/aromatic N) is 2. The van der Waals surface area contributed by atoms with Gasteiger partial charge in [-0.05, 0) is 30.4 Å². The van der Waals surface area contributed by atoms with Crippen LogP contribution < -0.4 is 10.9 Å². The third-order valence-corrected chi connectivity index (χ3v) is 5.03. The average molecular weight is 367 g/mol. The number of carboxylic acid groups (broad SMARTS) is 1. The molecule has 0 bridgehead atoms. The van der Waals surface area contributed by atoms with Gasteiger partial charge in [0.2, 0.25) is 0 Å². The normalized spacial score (nSPS) is 18.7. The summed E-state index contributed by atoms with van der Waals surface area (Å²) >= 11 is 0. The molecule has 4 rings (SSSR count). The topological polar surface area (TPSA) is 93.5 Å². The van der Waals surface area contributed by atoms with Crippen LogP contribution in [-0.4, -0.2) is 33.8 Å². The fraction of sp³-hybridized carbons (Fsp3) is 0.350. The Bertz CT molecular complexity index is 950. The molecule has 7 nitrogen and oxygen atoms in total. The van der Waals surface area contributed by atoms with Crippen molar-refractivity contribution in [2.45, 2.75) is 31.8 Å². The molecule has 1 atom stereocenters. The highest BCUT2D eigenvalue weighted by atomic mass is 16.5. The summed E-state index contributed by atoms with van der Waals surface area (Å²) in [5.74, 6) is -0.791. The van der Waals surface area contributed by atoms with Crippen LogP contribution in [-0.2, 0) is 22.5 Å². The summed E-state index contributed by atoms with van der Waals surface area (Å²) in [5, 5.41) is 12.7. The van der Waals surface area contributed by atoms with Crippen LogP contribution in [0, 0.1) is 0 Å². The Kier molecular flexibility index (Phi) is 4.77. The van der Waals surface area contributed by atoms with Crippen molar-refractivity contribution < 1.29 is 14.6 Å². The maximum atomic E-state index is 13.0. The number of fused-ring (bicyclic) bond motifs is 1. The summed E-state index contributed by atoms with van der Waals surface area (Å²) in [6.07, 6.45) is 3.61. The van der Waals surface area contributed by atoms with Gasteiger partial charge in [0.15, 0.2) is 5.82 Å². The van der Waals surface area contributed by atoms with E-state index >= 15 is 0 Å². The molecule has 0 fully saturated rings. The molecule has 140 valence electrons. The van der Waals surface area contributed by atoms with E-state index in [-0.39, 0.29) is 11.4 Å². The fourth-order valence-electron chi connectivity index (χ4n) is 3.68.